The number of amides is 1. The molecular weight excluding hydrogens is 406 g/mol. The Labute approximate surface area is 165 Å². The van der Waals surface area contributed by atoms with Crippen molar-refractivity contribution in [3.05, 3.63) is 41.1 Å². The van der Waals surface area contributed by atoms with Crippen LogP contribution in [0, 0.1) is 0 Å². The van der Waals surface area contributed by atoms with Crippen LogP contribution in [-0.2, 0) is 16.4 Å². The second kappa shape index (κ2) is 5.88. The average Bonchev–Trinajstić information content (AvgIpc) is 3.41. The molecule has 7 nitrogen and oxygen atoms in total. The van der Waals surface area contributed by atoms with Crippen LogP contribution < -0.4 is 14.4 Å². The van der Waals surface area contributed by atoms with Gasteiger partial charge in [0.15, 0.2) is 27.2 Å². The van der Waals surface area contributed by atoms with E-state index in [9.17, 15) is 22.0 Å². The van der Waals surface area contributed by atoms with Crippen LogP contribution in [0.3, 0.4) is 0 Å². The standard InChI is InChI=1S/C19H16F2N2O5S/c1-2-29(25,26)16-6-5-13(10-3-4-10)22-17(16)23-9-11-7-14-15(8-12(11)18(23)24)28-19(20,21)27-14/h5-8,10H,2-4,9H2,1H3. The van der Waals surface area contributed by atoms with E-state index in [0.29, 0.717) is 5.56 Å². The van der Waals surface area contributed by atoms with Crippen molar-refractivity contribution >= 4 is 21.6 Å². The van der Waals surface area contributed by atoms with Gasteiger partial charge in [-0.05, 0) is 42.7 Å². The molecule has 0 bridgehead atoms. The molecule has 152 valence electrons. The van der Waals surface area contributed by atoms with E-state index in [2.05, 4.69) is 14.5 Å². The Hall–Kier alpha value is -2.75. The third-order valence-electron chi connectivity index (χ3n) is 5.26. The number of hydrogen-bond donors (Lipinski definition) is 0. The maximum Gasteiger partial charge on any atom is 0.586 e. The molecule has 1 aromatic heterocycles. The number of rotatable bonds is 4. The summed E-state index contributed by atoms with van der Waals surface area (Å²) < 4.78 is 60.6. The van der Waals surface area contributed by atoms with Crippen LogP contribution in [-0.4, -0.2) is 31.4 Å². The van der Waals surface area contributed by atoms with Gasteiger partial charge in [0.25, 0.3) is 5.91 Å². The zero-order valence-electron chi connectivity index (χ0n) is 15.3. The highest BCUT2D eigenvalue weighted by molar-refractivity contribution is 7.91. The number of carbonyl (C=O) groups excluding carboxylic acids is 1. The van der Waals surface area contributed by atoms with Gasteiger partial charge in [-0.2, -0.15) is 0 Å². The Kier molecular flexibility index (Phi) is 3.71. The number of hydrogen-bond acceptors (Lipinski definition) is 6. The summed E-state index contributed by atoms with van der Waals surface area (Å²) in [5.74, 6) is -0.709. The predicted molar refractivity (Wildman–Crippen MR) is 97.1 cm³/mol. The number of anilines is 1. The van der Waals surface area contributed by atoms with Gasteiger partial charge in [0.1, 0.15) is 4.90 Å². The summed E-state index contributed by atoms with van der Waals surface area (Å²) in [6.07, 6.45) is -1.84. The number of halogens is 2. The lowest BCUT2D eigenvalue weighted by Gasteiger charge is -2.19. The molecule has 1 fully saturated rings. The highest BCUT2D eigenvalue weighted by Gasteiger charge is 2.45. The largest absolute Gasteiger partial charge is 0.586 e. The van der Waals surface area contributed by atoms with E-state index >= 15 is 0 Å². The van der Waals surface area contributed by atoms with Crippen LogP contribution in [0.25, 0.3) is 0 Å². The molecule has 10 heteroatoms. The van der Waals surface area contributed by atoms with E-state index in [4.69, 9.17) is 0 Å². The van der Waals surface area contributed by atoms with Crippen molar-refractivity contribution in [3.63, 3.8) is 0 Å². The third-order valence-corrected chi connectivity index (χ3v) is 7.01. The van der Waals surface area contributed by atoms with E-state index in [-0.39, 0.29) is 46.0 Å². The number of sulfone groups is 1. The highest BCUT2D eigenvalue weighted by atomic mass is 32.2. The molecule has 1 amide bonds. The summed E-state index contributed by atoms with van der Waals surface area (Å²) in [4.78, 5) is 18.8. The fraction of sp³-hybridized carbons (Fsp3) is 0.368. The Morgan fingerprint density at radius 2 is 1.90 bits per heavy atom. The SMILES string of the molecule is CCS(=O)(=O)c1ccc(C2CC2)nc1N1Cc2cc3c(cc2C1=O)OC(F)(F)O3. The van der Waals surface area contributed by atoms with Crippen molar-refractivity contribution in [2.24, 2.45) is 0 Å². The van der Waals surface area contributed by atoms with Gasteiger partial charge in [0.05, 0.1) is 12.3 Å². The second-order valence-corrected chi connectivity index (χ2v) is 9.50. The molecule has 1 saturated carbocycles. The zero-order chi connectivity index (χ0) is 20.6. The molecule has 0 saturated heterocycles. The number of aromatic nitrogens is 1. The molecule has 0 unspecified atom stereocenters. The lowest BCUT2D eigenvalue weighted by Crippen LogP contribution is -2.27. The monoisotopic (exact) mass is 422 g/mol. The van der Waals surface area contributed by atoms with Crippen LogP contribution >= 0.6 is 0 Å². The molecular formula is C19H16F2N2O5S. The number of carbonyl (C=O) groups is 1. The lowest BCUT2D eigenvalue weighted by molar-refractivity contribution is -0.286. The van der Waals surface area contributed by atoms with Gasteiger partial charge in [-0.3, -0.25) is 9.69 Å². The van der Waals surface area contributed by atoms with Crippen LogP contribution in [0.4, 0.5) is 14.6 Å². The molecule has 3 aliphatic rings. The van der Waals surface area contributed by atoms with Gasteiger partial charge < -0.3 is 9.47 Å². The van der Waals surface area contributed by atoms with Gasteiger partial charge in [-0.25, -0.2) is 13.4 Å². The molecule has 2 aromatic rings. The Morgan fingerprint density at radius 1 is 1.21 bits per heavy atom. The number of ether oxygens (including phenoxy) is 2. The fourth-order valence-corrected chi connectivity index (χ4v) is 4.60. The number of alkyl halides is 2. The summed E-state index contributed by atoms with van der Waals surface area (Å²) in [6, 6.07) is 5.71. The average molecular weight is 422 g/mol. The third kappa shape index (κ3) is 2.93. The minimum absolute atomic E-state index is 0.00370. The highest BCUT2D eigenvalue weighted by Crippen LogP contribution is 2.46. The summed E-state index contributed by atoms with van der Waals surface area (Å²) >= 11 is 0. The first-order valence-electron chi connectivity index (χ1n) is 9.17. The minimum Gasteiger partial charge on any atom is -0.395 e. The first-order valence-corrected chi connectivity index (χ1v) is 10.8. The molecule has 0 spiro atoms. The predicted octanol–water partition coefficient (Wildman–Crippen LogP) is 3.23. The maximum absolute atomic E-state index is 13.3. The van der Waals surface area contributed by atoms with Crippen molar-refractivity contribution in [2.75, 3.05) is 10.7 Å². The van der Waals surface area contributed by atoms with Crippen molar-refractivity contribution < 1.29 is 31.5 Å². The van der Waals surface area contributed by atoms with E-state index < -0.39 is 22.0 Å². The number of nitrogens with zero attached hydrogens (tertiary/aromatic N) is 2. The van der Waals surface area contributed by atoms with E-state index in [1.165, 1.54) is 30.0 Å². The maximum atomic E-state index is 13.3. The molecule has 5 rings (SSSR count). The topological polar surface area (TPSA) is 85.8 Å². The van der Waals surface area contributed by atoms with Crippen LogP contribution in [0.15, 0.2) is 29.2 Å². The van der Waals surface area contributed by atoms with Crippen LogP contribution in [0.5, 0.6) is 11.5 Å². The van der Waals surface area contributed by atoms with Gasteiger partial charge in [0.2, 0.25) is 0 Å². The van der Waals surface area contributed by atoms with E-state index in [0.717, 1.165) is 18.5 Å². The molecule has 0 atom stereocenters. The van der Waals surface area contributed by atoms with E-state index in [1.807, 2.05) is 0 Å². The van der Waals surface area contributed by atoms with E-state index in [1.54, 1.807) is 6.07 Å². The van der Waals surface area contributed by atoms with Crippen molar-refractivity contribution in [3.8, 4) is 11.5 Å². The number of fused-ring (bicyclic) bond motifs is 2. The molecule has 3 heterocycles. The van der Waals surface area contributed by atoms with Gasteiger partial charge >= 0.3 is 6.29 Å². The Morgan fingerprint density at radius 3 is 2.55 bits per heavy atom. The summed E-state index contributed by atoms with van der Waals surface area (Å²) in [5, 5.41) is 0. The molecule has 2 aliphatic heterocycles. The van der Waals surface area contributed by atoms with Gasteiger partial charge in [-0.1, -0.05) is 6.92 Å². The minimum atomic E-state index is -3.78. The molecule has 0 radical (unpaired) electrons. The normalized spacial score (nSPS) is 19.6. The molecule has 1 aromatic carbocycles. The Balaban J connectivity index is 1.58. The summed E-state index contributed by atoms with van der Waals surface area (Å²) in [6.45, 7) is 1.53. The lowest BCUT2D eigenvalue weighted by atomic mass is 10.1. The zero-order valence-corrected chi connectivity index (χ0v) is 16.1. The van der Waals surface area contributed by atoms with Crippen molar-refractivity contribution in [1.82, 2.24) is 4.98 Å². The van der Waals surface area contributed by atoms with Gasteiger partial charge in [-0.15, -0.1) is 8.78 Å². The second-order valence-electron chi connectivity index (χ2n) is 7.25. The van der Waals surface area contributed by atoms with Crippen LogP contribution in [0.2, 0.25) is 0 Å². The van der Waals surface area contributed by atoms with Crippen molar-refractivity contribution in [2.45, 2.75) is 43.4 Å². The summed E-state index contributed by atoms with van der Waals surface area (Å²) in [5.41, 5.74) is 1.34. The fourth-order valence-electron chi connectivity index (χ4n) is 3.58. The van der Waals surface area contributed by atoms with Gasteiger partial charge in [0, 0.05) is 17.2 Å². The Bertz CT molecular complexity index is 1160. The first kappa shape index (κ1) is 18.3. The van der Waals surface area contributed by atoms with Crippen molar-refractivity contribution in [1.29, 1.82) is 0 Å². The van der Waals surface area contributed by atoms with Crippen LogP contribution in [0.1, 0.15) is 47.3 Å². The number of benzene rings is 1. The quantitative estimate of drug-likeness (QED) is 0.752. The summed E-state index contributed by atoms with van der Waals surface area (Å²) in [7, 11) is -3.63. The molecule has 29 heavy (non-hydrogen) atoms. The molecule has 0 N–H and O–H groups in total. The first-order chi connectivity index (χ1) is 13.7. The smallest absolute Gasteiger partial charge is 0.395 e. The number of pyridine rings is 1. The molecule has 1 aliphatic carbocycles.